The molecule has 3 rings (SSSR count). The van der Waals surface area contributed by atoms with Crippen LogP contribution in [0.5, 0.6) is 0 Å². The molecule has 33 heavy (non-hydrogen) atoms. The molecule has 2 aromatic rings. The minimum Gasteiger partial charge on any atom is -0.463 e. The van der Waals surface area contributed by atoms with E-state index in [0.717, 1.165) is 53.8 Å². The van der Waals surface area contributed by atoms with Crippen molar-refractivity contribution < 1.29 is 24.1 Å². The van der Waals surface area contributed by atoms with Crippen LogP contribution in [-0.4, -0.2) is 43.6 Å². The first-order valence-corrected chi connectivity index (χ1v) is 12.2. The van der Waals surface area contributed by atoms with Gasteiger partial charge in [-0.2, -0.15) is 0 Å². The normalized spacial score (nSPS) is 18.3. The van der Waals surface area contributed by atoms with E-state index in [1.807, 2.05) is 6.07 Å². The smallest absolute Gasteiger partial charge is 0.302 e. The molecule has 0 amide bonds. The summed E-state index contributed by atoms with van der Waals surface area (Å²) in [7, 11) is 0. The van der Waals surface area contributed by atoms with Gasteiger partial charge >= 0.3 is 5.97 Å². The fourth-order valence-corrected chi connectivity index (χ4v) is 4.51. The number of hydrogen-bond acceptors (Lipinski definition) is 5. The zero-order chi connectivity index (χ0) is 23.6. The Morgan fingerprint density at radius 2 is 1.88 bits per heavy atom. The maximum Gasteiger partial charge on any atom is 0.302 e. The van der Waals surface area contributed by atoms with Crippen molar-refractivity contribution in [1.82, 2.24) is 0 Å². The van der Waals surface area contributed by atoms with E-state index in [2.05, 4.69) is 37.3 Å². The van der Waals surface area contributed by atoms with Crippen molar-refractivity contribution >= 4 is 17.6 Å². The van der Waals surface area contributed by atoms with Crippen LogP contribution in [-0.2, 0) is 38.3 Å². The monoisotopic (exact) mass is 474 g/mol. The molecule has 2 atom stereocenters. The molecule has 1 heterocycles. The number of esters is 1. The lowest BCUT2D eigenvalue weighted by Crippen LogP contribution is -2.28. The fraction of sp³-hybridized carbons (Fsp3) is 0.519. The molecule has 6 heteroatoms. The molecular formula is C27H35ClO5. The predicted octanol–water partition coefficient (Wildman–Crippen LogP) is 5.22. The maximum absolute atomic E-state index is 11.2. The number of halogens is 1. The summed E-state index contributed by atoms with van der Waals surface area (Å²) in [6.45, 7) is 4.69. The Hall–Kier alpha value is -1.92. The van der Waals surface area contributed by atoms with E-state index >= 15 is 0 Å². The zero-order valence-corrected chi connectivity index (χ0v) is 20.4. The van der Waals surface area contributed by atoms with Gasteiger partial charge < -0.3 is 19.3 Å². The highest BCUT2D eigenvalue weighted by atomic mass is 35.5. The van der Waals surface area contributed by atoms with Gasteiger partial charge in [-0.15, -0.1) is 0 Å². The summed E-state index contributed by atoms with van der Waals surface area (Å²) in [5.74, 6) is -0.287. The number of aryl methyl sites for hydroxylation is 1. The lowest BCUT2D eigenvalue weighted by Gasteiger charge is -2.31. The quantitative estimate of drug-likeness (QED) is 0.357. The summed E-state index contributed by atoms with van der Waals surface area (Å²) in [6, 6.07) is 12.9. The van der Waals surface area contributed by atoms with Crippen molar-refractivity contribution in [3.05, 3.63) is 69.2 Å². The van der Waals surface area contributed by atoms with Crippen molar-refractivity contribution in [2.75, 3.05) is 26.4 Å². The average Bonchev–Trinajstić information content (AvgIpc) is 2.82. The third-order valence-electron chi connectivity index (χ3n) is 6.05. The highest BCUT2D eigenvalue weighted by Crippen LogP contribution is 2.36. The third-order valence-corrected chi connectivity index (χ3v) is 6.41. The Labute approximate surface area is 202 Å². The summed E-state index contributed by atoms with van der Waals surface area (Å²) in [5.41, 5.74) is 5.83. The van der Waals surface area contributed by atoms with E-state index in [1.165, 1.54) is 18.1 Å². The SMILES string of the molecule is CCc1ccc(Cc2cc([C@@H]3CCC[C@H](COC(C)=O)O3)c(CCOCCO)cc2Cl)cc1. The molecular weight excluding hydrogens is 440 g/mol. The van der Waals surface area contributed by atoms with E-state index in [0.29, 0.717) is 19.6 Å². The molecule has 0 unspecified atom stereocenters. The topological polar surface area (TPSA) is 65.0 Å². The Bertz CT molecular complexity index is 896. The first-order chi connectivity index (χ1) is 16.0. The van der Waals surface area contributed by atoms with Crippen LogP contribution in [0.15, 0.2) is 36.4 Å². The maximum atomic E-state index is 11.2. The van der Waals surface area contributed by atoms with E-state index in [9.17, 15) is 4.79 Å². The van der Waals surface area contributed by atoms with Crippen LogP contribution in [0.2, 0.25) is 5.02 Å². The van der Waals surface area contributed by atoms with E-state index < -0.39 is 0 Å². The molecule has 0 spiro atoms. The number of ether oxygens (including phenoxy) is 3. The molecule has 1 aliphatic heterocycles. The van der Waals surface area contributed by atoms with Gasteiger partial charge in [0.05, 0.1) is 32.0 Å². The van der Waals surface area contributed by atoms with Crippen LogP contribution >= 0.6 is 11.6 Å². The number of carbonyl (C=O) groups excluding carboxylic acids is 1. The number of hydrogen-bond donors (Lipinski definition) is 1. The first kappa shape index (κ1) is 25.7. The summed E-state index contributed by atoms with van der Waals surface area (Å²) in [6.07, 6.45) is 5.07. The number of benzene rings is 2. The van der Waals surface area contributed by atoms with Crippen molar-refractivity contribution in [3.8, 4) is 0 Å². The molecule has 5 nitrogen and oxygen atoms in total. The third kappa shape index (κ3) is 7.82. The van der Waals surface area contributed by atoms with Crippen molar-refractivity contribution in [2.24, 2.45) is 0 Å². The van der Waals surface area contributed by atoms with Gasteiger partial charge in [-0.1, -0.05) is 48.9 Å². The minimum atomic E-state index is -0.287. The standard InChI is InChI=1S/C27H35ClO5/c1-3-20-7-9-21(10-8-20)15-23-16-25(22(17-26(23)28)11-13-31-14-12-29)27-6-4-5-24(33-27)18-32-19(2)30/h7-10,16-17,24,27,29H,3-6,11-15,18H2,1-2H3/t24-,27+/m1/s1. The van der Waals surface area contributed by atoms with Gasteiger partial charge in [-0.05, 0) is 72.4 Å². The van der Waals surface area contributed by atoms with Crippen LogP contribution in [0, 0.1) is 0 Å². The number of aliphatic hydroxyl groups excluding tert-OH is 1. The lowest BCUT2D eigenvalue weighted by molar-refractivity contribution is -0.149. The molecule has 0 bridgehead atoms. The zero-order valence-electron chi connectivity index (χ0n) is 19.6. The molecule has 2 aromatic carbocycles. The van der Waals surface area contributed by atoms with Crippen LogP contribution in [0.1, 0.15) is 67.0 Å². The van der Waals surface area contributed by atoms with Crippen LogP contribution in [0.4, 0.5) is 0 Å². The highest BCUT2D eigenvalue weighted by molar-refractivity contribution is 6.31. The second-order valence-electron chi connectivity index (χ2n) is 8.56. The van der Waals surface area contributed by atoms with Crippen molar-refractivity contribution in [1.29, 1.82) is 0 Å². The largest absolute Gasteiger partial charge is 0.463 e. The fourth-order valence-electron chi connectivity index (χ4n) is 4.25. The second kappa shape index (κ2) is 13.1. The Morgan fingerprint density at radius 3 is 2.58 bits per heavy atom. The summed E-state index contributed by atoms with van der Waals surface area (Å²) >= 11 is 6.72. The predicted molar refractivity (Wildman–Crippen MR) is 130 cm³/mol. The summed E-state index contributed by atoms with van der Waals surface area (Å²) in [4.78, 5) is 11.2. The molecule has 0 aromatic heterocycles. The molecule has 0 aliphatic carbocycles. The molecule has 1 fully saturated rings. The van der Waals surface area contributed by atoms with Gasteiger partial charge in [0.2, 0.25) is 0 Å². The van der Waals surface area contributed by atoms with E-state index in [1.54, 1.807) is 0 Å². The molecule has 1 saturated heterocycles. The Morgan fingerprint density at radius 1 is 1.12 bits per heavy atom. The molecule has 1 N–H and O–H groups in total. The average molecular weight is 475 g/mol. The highest BCUT2D eigenvalue weighted by Gasteiger charge is 2.27. The van der Waals surface area contributed by atoms with Gasteiger partial charge in [0.15, 0.2) is 0 Å². The van der Waals surface area contributed by atoms with Gasteiger partial charge in [-0.25, -0.2) is 0 Å². The lowest BCUT2D eigenvalue weighted by atomic mass is 9.90. The summed E-state index contributed by atoms with van der Waals surface area (Å²) < 4.78 is 17.1. The van der Waals surface area contributed by atoms with E-state index in [-0.39, 0.29) is 31.4 Å². The molecule has 0 saturated carbocycles. The van der Waals surface area contributed by atoms with E-state index in [4.69, 9.17) is 30.9 Å². The minimum absolute atomic E-state index is 0.00688. The number of aliphatic hydroxyl groups is 1. The van der Waals surface area contributed by atoms with Gasteiger partial charge in [0, 0.05) is 11.9 Å². The van der Waals surface area contributed by atoms with Gasteiger partial charge in [0.25, 0.3) is 0 Å². The second-order valence-corrected chi connectivity index (χ2v) is 8.96. The molecule has 0 radical (unpaired) electrons. The number of carbonyl (C=O) groups is 1. The Kier molecular flexibility index (Phi) is 10.2. The van der Waals surface area contributed by atoms with Gasteiger partial charge in [0.1, 0.15) is 6.61 Å². The molecule has 180 valence electrons. The Balaban J connectivity index is 1.83. The van der Waals surface area contributed by atoms with Crippen LogP contribution < -0.4 is 0 Å². The first-order valence-electron chi connectivity index (χ1n) is 11.9. The number of rotatable bonds is 11. The van der Waals surface area contributed by atoms with Crippen molar-refractivity contribution in [3.63, 3.8) is 0 Å². The van der Waals surface area contributed by atoms with Crippen LogP contribution in [0.25, 0.3) is 0 Å². The van der Waals surface area contributed by atoms with Gasteiger partial charge in [-0.3, -0.25) is 4.79 Å². The molecule has 1 aliphatic rings. The summed E-state index contributed by atoms with van der Waals surface area (Å²) in [5, 5.41) is 9.73. The van der Waals surface area contributed by atoms with Crippen LogP contribution in [0.3, 0.4) is 0 Å². The van der Waals surface area contributed by atoms with Crippen molar-refractivity contribution in [2.45, 2.75) is 64.6 Å².